The highest BCUT2D eigenvalue weighted by Crippen LogP contribution is 2.32. The van der Waals surface area contributed by atoms with E-state index in [1.165, 1.54) is 29.2 Å². The second-order valence-corrected chi connectivity index (χ2v) is 3.66. The fraction of sp³-hybridized carbons (Fsp3) is 0.300. The van der Waals surface area contributed by atoms with Gasteiger partial charge in [-0.25, -0.2) is 4.79 Å². The molecule has 0 heterocycles. The van der Waals surface area contributed by atoms with Crippen molar-refractivity contribution in [2.45, 2.75) is 18.9 Å². The van der Waals surface area contributed by atoms with Crippen molar-refractivity contribution in [2.75, 3.05) is 4.90 Å². The highest BCUT2D eigenvalue weighted by molar-refractivity contribution is 5.87. The van der Waals surface area contributed by atoms with E-state index in [1.54, 1.807) is 0 Å². The summed E-state index contributed by atoms with van der Waals surface area (Å²) in [5.74, 6) is 0. The third kappa shape index (κ3) is 1.95. The molecule has 1 aromatic carbocycles. The molecule has 1 aliphatic carbocycles. The lowest BCUT2D eigenvalue weighted by atomic mass is 10.2. The monoisotopic (exact) mass is 222 g/mol. The average molecular weight is 222 g/mol. The summed E-state index contributed by atoms with van der Waals surface area (Å²) in [6, 6.07) is 5.58. The summed E-state index contributed by atoms with van der Waals surface area (Å²) in [6.07, 6.45) is 0.684. The lowest BCUT2D eigenvalue weighted by molar-refractivity contribution is -0.384. The second kappa shape index (κ2) is 3.80. The van der Waals surface area contributed by atoms with Gasteiger partial charge in [0.2, 0.25) is 0 Å². The number of amides is 1. The molecule has 0 atom stereocenters. The molecule has 1 amide bonds. The van der Waals surface area contributed by atoms with Gasteiger partial charge in [-0.3, -0.25) is 15.0 Å². The summed E-state index contributed by atoms with van der Waals surface area (Å²) in [7, 11) is 0. The Bertz CT molecular complexity index is 425. The molecule has 1 saturated carbocycles. The maximum Gasteiger partial charge on any atom is 0.412 e. The van der Waals surface area contributed by atoms with Gasteiger partial charge in [-0.1, -0.05) is 0 Å². The number of nitro groups is 1. The van der Waals surface area contributed by atoms with Gasteiger partial charge >= 0.3 is 6.09 Å². The van der Waals surface area contributed by atoms with Crippen LogP contribution in [0.3, 0.4) is 0 Å². The first kappa shape index (κ1) is 10.4. The standard InChI is InChI=1S/C10H10N2O4/c13-10(14)11(7-1-2-7)8-3-5-9(6-4-8)12(15)16/h3-7H,1-2H2,(H,13,14). The van der Waals surface area contributed by atoms with Gasteiger partial charge in [-0.15, -0.1) is 0 Å². The van der Waals surface area contributed by atoms with E-state index in [4.69, 9.17) is 5.11 Å². The first-order valence-electron chi connectivity index (χ1n) is 4.86. The van der Waals surface area contributed by atoms with Gasteiger partial charge in [0.1, 0.15) is 0 Å². The van der Waals surface area contributed by atoms with E-state index in [-0.39, 0.29) is 11.7 Å². The maximum absolute atomic E-state index is 11.0. The van der Waals surface area contributed by atoms with Crippen molar-refractivity contribution < 1.29 is 14.8 Å². The molecule has 84 valence electrons. The number of hydrogen-bond acceptors (Lipinski definition) is 3. The van der Waals surface area contributed by atoms with Gasteiger partial charge in [0.25, 0.3) is 5.69 Å². The van der Waals surface area contributed by atoms with E-state index < -0.39 is 11.0 Å². The van der Waals surface area contributed by atoms with E-state index in [0.29, 0.717) is 5.69 Å². The molecule has 1 N–H and O–H groups in total. The number of hydrogen-bond donors (Lipinski definition) is 1. The molecule has 6 heteroatoms. The van der Waals surface area contributed by atoms with Crippen molar-refractivity contribution in [3.63, 3.8) is 0 Å². The minimum Gasteiger partial charge on any atom is -0.465 e. The zero-order valence-electron chi connectivity index (χ0n) is 8.37. The van der Waals surface area contributed by atoms with Crippen molar-refractivity contribution in [1.29, 1.82) is 0 Å². The molecule has 0 aromatic heterocycles. The Labute approximate surface area is 91.3 Å². The third-order valence-electron chi connectivity index (χ3n) is 2.46. The van der Waals surface area contributed by atoms with Crippen molar-refractivity contribution in [1.82, 2.24) is 0 Å². The Morgan fingerprint density at radius 1 is 1.38 bits per heavy atom. The Hall–Kier alpha value is -2.11. The molecule has 0 bridgehead atoms. The van der Waals surface area contributed by atoms with Gasteiger partial charge in [-0.2, -0.15) is 0 Å². The average Bonchev–Trinajstić information content (AvgIpc) is 3.02. The summed E-state index contributed by atoms with van der Waals surface area (Å²) in [5, 5.41) is 19.4. The highest BCUT2D eigenvalue weighted by atomic mass is 16.6. The molecule has 0 unspecified atom stereocenters. The molecule has 1 fully saturated rings. The van der Waals surface area contributed by atoms with E-state index in [0.717, 1.165) is 12.8 Å². The fourth-order valence-electron chi connectivity index (χ4n) is 1.55. The van der Waals surface area contributed by atoms with Crippen LogP contribution in [-0.2, 0) is 0 Å². The van der Waals surface area contributed by atoms with E-state index >= 15 is 0 Å². The summed E-state index contributed by atoms with van der Waals surface area (Å²) in [4.78, 5) is 22.2. The van der Waals surface area contributed by atoms with Crippen LogP contribution in [0.2, 0.25) is 0 Å². The Kier molecular flexibility index (Phi) is 2.47. The van der Waals surface area contributed by atoms with Crippen LogP contribution in [-0.4, -0.2) is 22.2 Å². The molecule has 1 aromatic rings. The Morgan fingerprint density at radius 3 is 2.31 bits per heavy atom. The molecular formula is C10H10N2O4. The van der Waals surface area contributed by atoms with Crippen LogP contribution in [0.15, 0.2) is 24.3 Å². The van der Waals surface area contributed by atoms with Crippen LogP contribution in [0.4, 0.5) is 16.2 Å². The van der Waals surface area contributed by atoms with E-state index in [1.807, 2.05) is 0 Å². The number of benzene rings is 1. The smallest absolute Gasteiger partial charge is 0.412 e. The lowest BCUT2D eigenvalue weighted by Gasteiger charge is -2.18. The van der Waals surface area contributed by atoms with Crippen LogP contribution in [0, 0.1) is 10.1 Å². The Morgan fingerprint density at radius 2 is 1.94 bits per heavy atom. The number of nitrogens with zero attached hydrogens (tertiary/aromatic N) is 2. The maximum atomic E-state index is 11.0. The number of carboxylic acid groups (broad SMARTS) is 1. The molecule has 1 aliphatic rings. The molecule has 0 spiro atoms. The summed E-state index contributed by atoms with van der Waals surface area (Å²) in [5.41, 5.74) is 0.450. The van der Waals surface area contributed by atoms with E-state index in [2.05, 4.69) is 0 Å². The van der Waals surface area contributed by atoms with Crippen LogP contribution in [0.1, 0.15) is 12.8 Å². The van der Waals surface area contributed by atoms with Crippen molar-refractivity contribution in [2.24, 2.45) is 0 Å². The summed E-state index contributed by atoms with van der Waals surface area (Å²) >= 11 is 0. The summed E-state index contributed by atoms with van der Waals surface area (Å²) < 4.78 is 0. The van der Waals surface area contributed by atoms with Crippen LogP contribution < -0.4 is 4.90 Å². The van der Waals surface area contributed by atoms with Gasteiger partial charge in [0, 0.05) is 23.9 Å². The first-order valence-corrected chi connectivity index (χ1v) is 4.86. The molecule has 2 rings (SSSR count). The molecule has 16 heavy (non-hydrogen) atoms. The molecular weight excluding hydrogens is 212 g/mol. The number of carbonyl (C=O) groups is 1. The second-order valence-electron chi connectivity index (χ2n) is 3.66. The van der Waals surface area contributed by atoms with Gasteiger partial charge in [0.15, 0.2) is 0 Å². The number of nitro benzene ring substituents is 1. The van der Waals surface area contributed by atoms with Crippen LogP contribution in [0.5, 0.6) is 0 Å². The van der Waals surface area contributed by atoms with Crippen LogP contribution >= 0.6 is 0 Å². The molecule has 6 nitrogen and oxygen atoms in total. The van der Waals surface area contributed by atoms with Gasteiger partial charge in [-0.05, 0) is 25.0 Å². The van der Waals surface area contributed by atoms with E-state index in [9.17, 15) is 14.9 Å². The highest BCUT2D eigenvalue weighted by Gasteiger charge is 2.33. The van der Waals surface area contributed by atoms with Crippen molar-refractivity contribution in [3.8, 4) is 0 Å². The first-order chi connectivity index (χ1) is 7.59. The SMILES string of the molecule is O=C(O)N(c1ccc([N+](=O)[O-])cc1)C1CC1. The zero-order valence-corrected chi connectivity index (χ0v) is 8.37. The Balaban J connectivity index is 2.25. The molecule has 0 radical (unpaired) electrons. The minimum absolute atomic E-state index is 0.0268. The fourth-order valence-corrected chi connectivity index (χ4v) is 1.55. The van der Waals surface area contributed by atoms with Gasteiger partial charge in [0.05, 0.1) is 4.92 Å². The van der Waals surface area contributed by atoms with Crippen LogP contribution in [0.25, 0.3) is 0 Å². The lowest BCUT2D eigenvalue weighted by Crippen LogP contribution is -2.31. The topological polar surface area (TPSA) is 83.7 Å². The van der Waals surface area contributed by atoms with Crippen molar-refractivity contribution >= 4 is 17.5 Å². The number of non-ortho nitro benzene ring substituents is 1. The minimum atomic E-state index is -1.02. The molecule has 0 aliphatic heterocycles. The number of anilines is 1. The predicted molar refractivity (Wildman–Crippen MR) is 56.6 cm³/mol. The third-order valence-corrected chi connectivity index (χ3v) is 2.46. The number of rotatable bonds is 3. The summed E-state index contributed by atoms with van der Waals surface area (Å²) in [6.45, 7) is 0. The predicted octanol–water partition coefficient (Wildman–Crippen LogP) is 2.24. The largest absolute Gasteiger partial charge is 0.465 e. The zero-order chi connectivity index (χ0) is 11.7. The van der Waals surface area contributed by atoms with Crippen molar-refractivity contribution in [3.05, 3.63) is 34.4 Å². The van der Waals surface area contributed by atoms with Gasteiger partial charge < -0.3 is 5.11 Å². The quantitative estimate of drug-likeness (QED) is 0.627. The molecule has 0 saturated heterocycles. The normalized spacial score (nSPS) is 14.5.